The molecule has 1 nitrogen and oxygen atoms in total. The van der Waals surface area contributed by atoms with E-state index in [9.17, 15) is 0 Å². The summed E-state index contributed by atoms with van der Waals surface area (Å²) in [7, 11) is -1.60. The van der Waals surface area contributed by atoms with Crippen molar-refractivity contribution in [3.8, 4) is 0 Å². The third-order valence-corrected chi connectivity index (χ3v) is 5.36. The van der Waals surface area contributed by atoms with Crippen LogP contribution in [0.3, 0.4) is 0 Å². The van der Waals surface area contributed by atoms with Crippen LogP contribution in [-0.2, 0) is 4.43 Å². The van der Waals surface area contributed by atoms with Gasteiger partial charge in [0.2, 0.25) is 0 Å². The van der Waals surface area contributed by atoms with E-state index in [0.29, 0.717) is 0 Å². The fourth-order valence-corrected chi connectivity index (χ4v) is 4.60. The average Bonchev–Trinajstić information content (AvgIpc) is 2.16. The quantitative estimate of drug-likeness (QED) is 0.292. The molecule has 0 spiro atoms. The highest BCUT2D eigenvalue weighted by atomic mass is 28.4. The Bertz CT molecular complexity index is 235. The third kappa shape index (κ3) is 7.56. The standard InChI is InChI=1S/C15H30OSi/c1-7-10-11-13-15(4,12-8-2)16-17(5,6)14-9-3/h8-9H,2-3,7,10-14H2,1,4-6H3. The van der Waals surface area contributed by atoms with Crippen LogP contribution < -0.4 is 0 Å². The maximum absolute atomic E-state index is 6.45. The molecule has 1 unspecified atom stereocenters. The van der Waals surface area contributed by atoms with Crippen molar-refractivity contribution in [1.29, 1.82) is 0 Å². The summed E-state index contributed by atoms with van der Waals surface area (Å²) < 4.78 is 6.45. The topological polar surface area (TPSA) is 9.23 Å². The zero-order valence-electron chi connectivity index (χ0n) is 12.2. The van der Waals surface area contributed by atoms with Crippen molar-refractivity contribution >= 4 is 8.32 Å². The second-order valence-electron chi connectivity index (χ2n) is 5.75. The Morgan fingerprint density at radius 3 is 2.29 bits per heavy atom. The van der Waals surface area contributed by atoms with Gasteiger partial charge in [0, 0.05) is 0 Å². The molecule has 0 aliphatic rings. The predicted octanol–water partition coefficient (Wildman–Crippen LogP) is 5.31. The molecular formula is C15H30OSi. The summed E-state index contributed by atoms with van der Waals surface area (Å²) in [5, 5.41) is 0. The molecule has 0 aromatic heterocycles. The van der Waals surface area contributed by atoms with Crippen LogP contribution in [0.2, 0.25) is 19.1 Å². The van der Waals surface area contributed by atoms with E-state index in [1.807, 2.05) is 12.2 Å². The second kappa shape index (κ2) is 7.88. The van der Waals surface area contributed by atoms with E-state index in [1.54, 1.807) is 0 Å². The van der Waals surface area contributed by atoms with Gasteiger partial charge in [-0.1, -0.05) is 38.3 Å². The van der Waals surface area contributed by atoms with Crippen molar-refractivity contribution in [2.75, 3.05) is 0 Å². The Morgan fingerprint density at radius 2 is 1.82 bits per heavy atom. The number of hydrogen-bond donors (Lipinski definition) is 0. The molecule has 0 fully saturated rings. The zero-order valence-corrected chi connectivity index (χ0v) is 13.2. The molecule has 0 aromatic carbocycles. The van der Waals surface area contributed by atoms with Crippen molar-refractivity contribution in [1.82, 2.24) is 0 Å². The molecule has 0 saturated carbocycles. The van der Waals surface area contributed by atoms with E-state index in [0.717, 1.165) is 18.9 Å². The summed E-state index contributed by atoms with van der Waals surface area (Å²) in [5.41, 5.74) is -0.0182. The first kappa shape index (κ1) is 16.7. The van der Waals surface area contributed by atoms with Crippen LogP contribution in [0, 0.1) is 0 Å². The Labute approximate surface area is 109 Å². The molecule has 0 saturated heterocycles. The van der Waals surface area contributed by atoms with E-state index in [2.05, 4.69) is 40.1 Å². The van der Waals surface area contributed by atoms with Gasteiger partial charge in [-0.05, 0) is 38.9 Å². The smallest absolute Gasteiger partial charge is 0.191 e. The average molecular weight is 254 g/mol. The van der Waals surface area contributed by atoms with Gasteiger partial charge < -0.3 is 4.43 Å². The molecule has 0 N–H and O–H groups in total. The Kier molecular flexibility index (Phi) is 7.72. The summed E-state index contributed by atoms with van der Waals surface area (Å²) in [4.78, 5) is 0. The highest BCUT2D eigenvalue weighted by molar-refractivity contribution is 6.71. The maximum Gasteiger partial charge on any atom is 0.191 e. The van der Waals surface area contributed by atoms with Crippen LogP contribution in [-0.4, -0.2) is 13.9 Å². The molecule has 17 heavy (non-hydrogen) atoms. The number of allylic oxidation sites excluding steroid dienone is 1. The Balaban J connectivity index is 4.46. The van der Waals surface area contributed by atoms with Crippen LogP contribution in [0.4, 0.5) is 0 Å². The largest absolute Gasteiger partial charge is 0.412 e. The van der Waals surface area contributed by atoms with Crippen molar-refractivity contribution in [3.63, 3.8) is 0 Å². The lowest BCUT2D eigenvalue weighted by Crippen LogP contribution is -2.42. The summed E-state index contributed by atoms with van der Waals surface area (Å²) in [6.07, 6.45) is 9.87. The third-order valence-electron chi connectivity index (χ3n) is 3.04. The second-order valence-corrected chi connectivity index (χ2v) is 9.89. The van der Waals surface area contributed by atoms with Gasteiger partial charge in [0.15, 0.2) is 8.32 Å². The molecule has 2 heteroatoms. The summed E-state index contributed by atoms with van der Waals surface area (Å²) in [6.45, 7) is 16.7. The first-order valence-electron chi connectivity index (χ1n) is 6.81. The van der Waals surface area contributed by atoms with Gasteiger partial charge in [0.1, 0.15) is 0 Å². The van der Waals surface area contributed by atoms with E-state index < -0.39 is 8.32 Å². The number of unbranched alkanes of at least 4 members (excludes halogenated alkanes) is 2. The van der Waals surface area contributed by atoms with Crippen LogP contribution in [0.1, 0.15) is 46.0 Å². The van der Waals surface area contributed by atoms with Crippen LogP contribution in [0.15, 0.2) is 25.3 Å². The van der Waals surface area contributed by atoms with Crippen molar-refractivity contribution < 1.29 is 4.43 Å². The normalized spacial score (nSPS) is 15.3. The Morgan fingerprint density at radius 1 is 1.18 bits per heavy atom. The monoisotopic (exact) mass is 254 g/mol. The SMILES string of the molecule is C=CCC(C)(CCCCC)O[Si](C)(C)CC=C. The van der Waals surface area contributed by atoms with Gasteiger partial charge >= 0.3 is 0 Å². The van der Waals surface area contributed by atoms with E-state index >= 15 is 0 Å². The molecule has 0 amide bonds. The van der Waals surface area contributed by atoms with Gasteiger partial charge in [-0.3, -0.25) is 0 Å². The van der Waals surface area contributed by atoms with Gasteiger partial charge in [-0.2, -0.15) is 0 Å². The molecule has 0 aromatic rings. The number of rotatable bonds is 10. The number of hydrogen-bond acceptors (Lipinski definition) is 1. The first-order chi connectivity index (χ1) is 7.89. The fraction of sp³-hybridized carbons (Fsp3) is 0.733. The molecule has 0 aliphatic heterocycles. The van der Waals surface area contributed by atoms with Crippen LogP contribution >= 0.6 is 0 Å². The lowest BCUT2D eigenvalue weighted by Gasteiger charge is -2.37. The summed E-state index contributed by atoms with van der Waals surface area (Å²) in [6, 6.07) is 1.02. The summed E-state index contributed by atoms with van der Waals surface area (Å²) in [5.74, 6) is 0. The molecule has 0 heterocycles. The maximum atomic E-state index is 6.45. The minimum Gasteiger partial charge on any atom is -0.412 e. The highest BCUT2D eigenvalue weighted by Crippen LogP contribution is 2.29. The van der Waals surface area contributed by atoms with Gasteiger partial charge in [-0.15, -0.1) is 13.2 Å². The molecule has 0 aliphatic carbocycles. The lowest BCUT2D eigenvalue weighted by molar-refractivity contribution is 0.0701. The molecule has 1 atom stereocenters. The van der Waals surface area contributed by atoms with Gasteiger partial charge in [0.25, 0.3) is 0 Å². The minimum absolute atomic E-state index is 0.0182. The van der Waals surface area contributed by atoms with Crippen molar-refractivity contribution in [3.05, 3.63) is 25.3 Å². The van der Waals surface area contributed by atoms with Gasteiger partial charge in [0.05, 0.1) is 5.60 Å². The van der Waals surface area contributed by atoms with E-state index in [4.69, 9.17) is 4.43 Å². The van der Waals surface area contributed by atoms with Crippen LogP contribution in [0.25, 0.3) is 0 Å². The lowest BCUT2D eigenvalue weighted by atomic mass is 9.95. The van der Waals surface area contributed by atoms with Crippen molar-refractivity contribution in [2.45, 2.75) is 70.7 Å². The van der Waals surface area contributed by atoms with E-state index in [-0.39, 0.29) is 5.60 Å². The molecule has 0 rings (SSSR count). The fourth-order valence-electron chi connectivity index (χ4n) is 2.31. The van der Waals surface area contributed by atoms with Gasteiger partial charge in [-0.25, -0.2) is 0 Å². The minimum atomic E-state index is -1.60. The van der Waals surface area contributed by atoms with E-state index in [1.165, 1.54) is 19.3 Å². The first-order valence-corrected chi connectivity index (χ1v) is 9.92. The highest BCUT2D eigenvalue weighted by Gasteiger charge is 2.32. The van der Waals surface area contributed by atoms with Crippen LogP contribution in [0.5, 0.6) is 0 Å². The summed E-state index contributed by atoms with van der Waals surface area (Å²) >= 11 is 0. The predicted molar refractivity (Wildman–Crippen MR) is 80.9 cm³/mol. The van der Waals surface area contributed by atoms with Crippen molar-refractivity contribution in [2.24, 2.45) is 0 Å². The molecule has 100 valence electrons. The molecule has 0 radical (unpaired) electrons. The molecular weight excluding hydrogens is 224 g/mol. The zero-order chi connectivity index (χ0) is 13.4. The molecule has 0 bridgehead atoms. The Hall–Kier alpha value is -0.343.